The first-order chi connectivity index (χ1) is 11.1. The number of halogens is 1. The Hall–Kier alpha value is -2.53. The molecule has 0 aliphatic carbocycles. The molecule has 0 atom stereocenters. The van der Waals surface area contributed by atoms with Crippen molar-refractivity contribution in [3.63, 3.8) is 0 Å². The SMILES string of the molecule is C=CCn1c(=NC(=O)c2ccc(F)cc2)sc2cc(C)ccc21. The van der Waals surface area contributed by atoms with Crippen molar-refractivity contribution in [1.29, 1.82) is 0 Å². The fraction of sp³-hybridized carbons (Fsp3) is 0.111. The van der Waals surface area contributed by atoms with Crippen molar-refractivity contribution in [2.45, 2.75) is 13.5 Å². The van der Waals surface area contributed by atoms with E-state index in [-0.39, 0.29) is 11.7 Å². The topological polar surface area (TPSA) is 34.4 Å². The van der Waals surface area contributed by atoms with Gasteiger partial charge < -0.3 is 4.57 Å². The maximum Gasteiger partial charge on any atom is 0.279 e. The van der Waals surface area contributed by atoms with E-state index in [1.165, 1.54) is 35.6 Å². The van der Waals surface area contributed by atoms with E-state index < -0.39 is 0 Å². The van der Waals surface area contributed by atoms with Crippen LogP contribution in [0.4, 0.5) is 4.39 Å². The van der Waals surface area contributed by atoms with Gasteiger partial charge in [-0.05, 0) is 48.9 Å². The first-order valence-corrected chi connectivity index (χ1v) is 7.95. The predicted octanol–water partition coefficient (Wildman–Crippen LogP) is 4.08. The smallest absolute Gasteiger partial charge is 0.279 e. The van der Waals surface area contributed by atoms with E-state index in [0.717, 1.165) is 15.8 Å². The molecule has 3 aromatic rings. The number of hydrogen-bond acceptors (Lipinski definition) is 2. The summed E-state index contributed by atoms with van der Waals surface area (Å²) in [5.74, 6) is -0.758. The Morgan fingerprint density at radius 3 is 2.74 bits per heavy atom. The summed E-state index contributed by atoms with van der Waals surface area (Å²) in [6.45, 7) is 6.36. The summed E-state index contributed by atoms with van der Waals surface area (Å²) >= 11 is 1.46. The van der Waals surface area contributed by atoms with Crippen molar-refractivity contribution in [3.8, 4) is 0 Å². The highest BCUT2D eigenvalue weighted by Crippen LogP contribution is 2.19. The molecule has 5 heteroatoms. The maximum atomic E-state index is 13.0. The van der Waals surface area contributed by atoms with Crippen LogP contribution in [-0.2, 0) is 6.54 Å². The van der Waals surface area contributed by atoms with Gasteiger partial charge in [0, 0.05) is 12.1 Å². The molecule has 0 aliphatic heterocycles. The standard InChI is InChI=1S/C18H15FN2OS/c1-3-10-21-15-9-4-12(2)11-16(15)23-18(21)20-17(22)13-5-7-14(19)8-6-13/h3-9,11H,1,10H2,2H3. The van der Waals surface area contributed by atoms with Crippen molar-refractivity contribution in [1.82, 2.24) is 4.57 Å². The first kappa shape index (κ1) is 15.4. The molecule has 1 amide bonds. The Morgan fingerprint density at radius 1 is 1.30 bits per heavy atom. The summed E-state index contributed by atoms with van der Waals surface area (Å²) in [6, 6.07) is 11.5. The summed E-state index contributed by atoms with van der Waals surface area (Å²) in [6.07, 6.45) is 1.77. The lowest BCUT2D eigenvalue weighted by molar-refractivity contribution is 0.0998. The van der Waals surface area contributed by atoms with Gasteiger partial charge in [-0.25, -0.2) is 4.39 Å². The molecule has 3 rings (SSSR count). The van der Waals surface area contributed by atoms with Crippen LogP contribution >= 0.6 is 11.3 Å². The highest BCUT2D eigenvalue weighted by molar-refractivity contribution is 7.16. The van der Waals surface area contributed by atoms with Gasteiger partial charge in [0.25, 0.3) is 5.91 Å². The van der Waals surface area contributed by atoms with Gasteiger partial charge in [-0.3, -0.25) is 4.79 Å². The number of amides is 1. The van der Waals surface area contributed by atoms with E-state index in [2.05, 4.69) is 17.6 Å². The minimum Gasteiger partial charge on any atom is -0.312 e. The molecular weight excluding hydrogens is 311 g/mol. The van der Waals surface area contributed by atoms with Crippen molar-refractivity contribution in [3.05, 3.63) is 76.9 Å². The highest BCUT2D eigenvalue weighted by Gasteiger charge is 2.09. The summed E-state index contributed by atoms with van der Waals surface area (Å²) < 4.78 is 16.0. The number of fused-ring (bicyclic) bond motifs is 1. The quantitative estimate of drug-likeness (QED) is 0.668. The number of aromatic nitrogens is 1. The molecule has 0 spiro atoms. The second-order valence-corrected chi connectivity index (χ2v) is 6.19. The number of thiazole rings is 1. The molecule has 2 aromatic carbocycles. The van der Waals surface area contributed by atoms with Crippen LogP contribution in [-0.4, -0.2) is 10.5 Å². The van der Waals surface area contributed by atoms with Crippen LogP contribution in [0.5, 0.6) is 0 Å². The number of aryl methyl sites for hydroxylation is 1. The molecule has 0 radical (unpaired) electrons. The Morgan fingerprint density at radius 2 is 2.04 bits per heavy atom. The minimum absolute atomic E-state index is 0.366. The third kappa shape index (κ3) is 3.14. The third-order valence-electron chi connectivity index (χ3n) is 3.44. The summed E-state index contributed by atoms with van der Waals surface area (Å²) in [7, 11) is 0. The normalized spacial score (nSPS) is 11.8. The van der Waals surface area contributed by atoms with Gasteiger partial charge in [0.15, 0.2) is 4.80 Å². The van der Waals surface area contributed by atoms with Crippen LogP contribution in [0.1, 0.15) is 15.9 Å². The number of carbonyl (C=O) groups is 1. The molecule has 0 fully saturated rings. The minimum atomic E-state index is -0.383. The van der Waals surface area contributed by atoms with E-state index in [9.17, 15) is 9.18 Å². The second kappa shape index (κ2) is 6.30. The lowest BCUT2D eigenvalue weighted by atomic mass is 10.2. The second-order valence-electron chi connectivity index (χ2n) is 5.18. The zero-order chi connectivity index (χ0) is 16.4. The van der Waals surface area contributed by atoms with Crippen LogP contribution in [0.25, 0.3) is 10.2 Å². The van der Waals surface area contributed by atoms with E-state index in [0.29, 0.717) is 16.9 Å². The van der Waals surface area contributed by atoms with E-state index in [4.69, 9.17) is 0 Å². The number of nitrogens with zero attached hydrogens (tertiary/aromatic N) is 2. The zero-order valence-electron chi connectivity index (χ0n) is 12.6. The number of allylic oxidation sites excluding steroid dienone is 1. The lowest BCUT2D eigenvalue weighted by Crippen LogP contribution is -2.16. The summed E-state index contributed by atoms with van der Waals surface area (Å²) in [5, 5.41) is 0. The van der Waals surface area contributed by atoms with Crippen LogP contribution in [0.2, 0.25) is 0 Å². The lowest BCUT2D eigenvalue weighted by Gasteiger charge is -2.01. The van der Waals surface area contributed by atoms with Crippen LogP contribution in [0.15, 0.2) is 60.1 Å². The van der Waals surface area contributed by atoms with Crippen molar-refractivity contribution in [2.75, 3.05) is 0 Å². The van der Waals surface area contributed by atoms with Gasteiger partial charge in [-0.2, -0.15) is 4.99 Å². The van der Waals surface area contributed by atoms with Gasteiger partial charge in [0.1, 0.15) is 5.82 Å². The molecular formula is C18H15FN2OS. The molecule has 0 bridgehead atoms. The molecule has 3 nitrogen and oxygen atoms in total. The monoisotopic (exact) mass is 326 g/mol. The molecule has 0 saturated heterocycles. The third-order valence-corrected chi connectivity index (χ3v) is 4.48. The maximum absolute atomic E-state index is 13.0. The van der Waals surface area contributed by atoms with Gasteiger partial charge in [0.2, 0.25) is 0 Å². The van der Waals surface area contributed by atoms with Gasteiger partial charge >= 0.3 is 0 Å². The Kier molecular flexibility index (Phi) is 4.21. The Labute approximate surface area is 137 Å². The molecule has 1 aromatic heterocycles. The molecule has 23 heavy (non-hydrogen) atoms. The molecule has 0 saturated carbocycles. The highest BCUT2D eigenvalue weighted by atomic mass is 32.1. The van der Waals surface area contributed by atoms with Gasteiger partial charge in [-0.1, -0.05) is 23.5 Å². The first-order valence-electron chi connectivity index (χ1n) is 7.14. The average molecular weight is 326 g/mol. The van der Waals surface area contributed by atoms with Crippen molar-refractivity contribution >= 4 is 27.5 Å². The molecule has 116 valence electrons. The predicted molar refractivity (Wildman–Crippen MR) is 91.0 cm³/mol. The molecule has 0 unspecified atom stereocenters. The summed E-state index contributed by atoms with van der Waals surface area (Å²) in [5.41, 5.74) is 2.54. The van der Waals surface area contributed by atoms with Gasteiger partial charge in [-0.15, -0.1) is 6.58 Å². The Balaban J connectivity index is 2.13. The number of hydrogen-bond donors (Lipinski definition) is 0. The molecule has 0 N–H and O–H groups in total. The fourth-order valence-electron chi connectivity index (χ4n) is 2.32. The zero-order valence-corrected chi connectivity index (χ0v) is 13.4. The number of carbonyl (C=O) groups excluding carboxylic acids is 1. The van der Waals surface area contributed by atoms with Crippen molar-refractivity contribution < 1.29 is 9.18 Å². The van der Waals surface area contributed by atoms with Crippen molar-refractivity contribution in [2.24, 2.45) is 4.99 Å². The van der Waals surface area contributed by atoms with Crippen LogP contribution in [0.3, 0.4) is 0 Å². The van der Waals surface area contributed by atoms with Crippen LogP contribution in [0, 0.1) is 12.7 Å². The Bertz CT molecular complexity index is 951. The van der Waals surface area contributed by atoms with Crippen LogP contribution < -0.4 is 4.80 Å². The fourth-order valence-corrected chi connectivity index (χ4v) is 3.45. The van der Waals surface area contributed by atoms with E-state index >= 15 is 0 Å². The summed E-state index contributed by atoms with van der Waals surface area (Å²) in [4.78, 5) is 17.1. The van der Waals surface area contributed by atoms with E-state index in [1.807, 2.05) is 23.6 Å². The van der Waals surface area contributed by atoms with E-state index in [1.54, 1.807) is 6.08 Å². The average Bonchev–Trinajstić information content (AvgIpc) is 2.85. The largest absolute Gasteiger partial charge is 0.312 e. The number of benzene rings is 2. The van der Waals surface area contributed by atoms with Gasteiger partial charge in [0.05, 0.1) is 10.2 Å². The molecule has 0 aliphatic rings. The number of rotatable bonds is 3. The molecule has 1 heterocycles.